The maximum Gasteiger partial charge on any atom is 0.410 e. The number of carbonyl (C=O) groups excluding carboxylic acids is 2. The second-order valence-electron chi connectivity index (χ2n) is 8.48. The van der Waals surface area contributed by atoms with E-state index in [0.717, 1.165) is 12.8 Å². The van der Waals surface area contributed by atoms with Crippen molar-refractivity contribution in [1.82, 2.24) is 10.2 Å². The molecular weight excluding hydrogens is 304 g/mol. The molecule has 140 valence electrons. The molecule has 1 aliphatic rings. The van der Waals surface area contributed by atoms with Crippen LogP contribution in [0, 0.1) is 11.8 Å². The Morgan fingerprint density at radius 1 is 1.12 bits per heavy atom. The van der Waals surface area contributed by atoms with E-state index in [-0.39, 0.29) is 24.0 Å². The zero-order chi connectivity index (χ0) is 18.3. The first-order valence-corrected chi connectivity index (χ1v) is 9.36. The molecule has 0 saturated carbocycles. The topological polar surface area (TPSA) is 58.6 Å². The average Bonchev–Trinajstić information content (AvgIpc) is 2.45. The fraction of sp³-hybridized carbons (Fsp3) is 0.895. The molecule has 0 aromatic carbocycles. The van der Waals surface area contributed by atoms with Gasteiger partial charge in [0.05, 0.1) is 0 Å². The summed E-state index contributed by atoms with van der Waals surface area (Å²) in [7, 11) is 0. The SMILES string of the molecule is CC(C)CCCC(C)NC(=O)C1CCN(C(=O)OC(C)(C)C)CC1. The molecule has 0 spiro atoms. The highest BCUT2D eigenvalue weighted by Gasteiger charge is 2.30. The van der Waals surface area contributed by atoms with Gasteiger partial charge in [0.2, 0.25) is 5.91 Å². The van der Waals surface area contributed by atoms with Gasteiger partial charge in [-0.1, -0.05) is 26.7 Å². The number of hydrogen-bond acceptors (Lipinski definition) is 3. The third kappa shape index (κ3) is 8.02. The van der Waals surface area contributed by atoms with Gasteiger partial charge in [-0.15, -0.1) is 0 Å². The fourth-order valence-corrected chi connectivity index (χ4v) is 2.92. The monoisotopic (exact) mass is 340 g/mol. The van der Waals surface area contributed by atoms with Gasteiger partial charge in [0.25, 0.3) is 0 Å². The lowest BCUT2D eigenvalue weighted by atomic mass is 9.95. The third-order valence-corrected chi connectivity index (χ3v) is 4.32. The van der Waals surface area contributed by atoms with Crippen LogP contribution in [0.5, 0.6) is 0 Å². The van der Waals surface area contributed by atoms with Crippen LogP contribution in [0.1, 0.15) is 73.6 Å². The molecule has 1 atom stereocenters. The zero-order valence-corrected chi connectivity index (χ0v) is 16.4. The summed E-state index contributed by atoms with van der Waals surface area (Å²) in [5.74, 6) is 0.859. The van der Waals surface area contributed by atoms with E-state index in [2.05, 4.69) is 26.1 Å². The number of nitrogens with one attached hydrogen (secondary N) is 1. The first kappa shape index (κ1) is 20.8. The average molecular weight is 341 g/mol. The molecule has 1 saturated heterocycles. The van der Waals surface area contributed by atoms with Gasteiger partial charge >= 0.3 is 6.09 Å². The third-order valence-electron chi connectivity index (χ3n) is 4.32. The predicted octanol–water partition coefficient (Wildman–Crippen LogP) is 3.96. The molecule has 1 unspecified atom stereocenters. The number of hydrogen-bond donors (Lipinski definition) is 1. The maximum atomic E-state index is 12.4. The molecule has 0 aromatic rings. The molecule has 0 aromatic heterocycles. The van der Waals surface area contributed by atoms with E-state index in [1.165, 1.54) is 6.42 Å². The number of amides is 2. The van der Waals surface area contributed by atoms with E-state index in [0.29, 0.717) is 31.8 Å². The highest BCUT2D eigenvalue weighted by Crippen LogP contribution is 2.20. The second kappa shape index (κ2) is 9.28. The van der Waals surface area contributed by atoms with Gasteiger partial charge in [0.15, 0.2) is 0 Å². The van der Waals surface area contributed by atoms with Crippen molar-refractivity contribution in [3.8, 4) is 0 Å². The molecule has 1 heterocycles. The van der Waals surface area contributed by atoms with Crippen molar-refractivity contribution in [2.24, 2.45) is 11.8 Å². The summed E-state index contributed by atoms with van der Waals surface area (Å²) in [6.45, 7) is 13.3. The van der Waals surface area contributed by atoms with Crippen molar-refractivity contribution in [2.45, 2.75) is 85.3 Å². The summed E-state index contributed by atoms with van der Waals surface area (Å²) in [5, 5.41) is 3.13. The summed E-state index contributed by atoms with van der Waals surface area (Å²) in [4.78, 5) is 26.1. The Morgan fingerprint density at radius 2 is 1.71 bits per heavy atom. The first-order valence-electron chi connectivity index (χ1n) is 9.36. The number of rotatable bonds is 6. The van der Waals surface area contributed by atoms with Gasteiger partial charge in [-0.2, -0.15) is 0 Å². The lowest BCUT2D eigenvalue weighted by Crippen LogP contribution is -2.46. The molecule has 0 radical (unpaired) electrons. The molecule has 0 bridgehead atoms. The predicted molar refractivity (Wildman–Crippen MR) is 96.8 cm³/mol. The summed E-state index contributed by atoms with van der Waals surface area (Å²) in [6, 6.07) is 0.222. The highest BCUT2D eigenvalue weighted by molar-refractivity contribution is 5.79. The van der Waals surface area contributed by atoms with Crippen molar-refractivity contribution in [1.29, 1.82) is 0 Å². The molecule has 5 heteroatoms. The number of nitrogens with zero attached hydrogens (tertiary/aromatic N) is 1. The molecule has 1 rings (SSSR count). The lowest BCUT2D eigenvalue weighted by Gasteiger charge is -2.33. The molecule has 1 N–H and O–H groups in total. The Bertz CT molecular complexity index is 407. The van der Waals surface area contributed by atoms with Gasteiger partial charge in [-0.3, -0.25) is 4.79 Å². The number of carbonyl (C=O) groups is 2. The minimum atomic E-state index is -0.475. The van der Waals surface area contributed by atoms with E-state index in [9.17, 15) is 9.59 Å². The molecule has 2 amide bonds. The Balaban J connectivity index is 2.31. The van der Waals surface area contributed by atoms with Gasteiger partial charge in [-0.25, -0.2) is 4.79 Å². The van der Waals surface area contributed by atoms with E-state index in [1.54, 1.807) is 4.90 Å². The Morgan fingerprint density at radius 3 is 2.21 bits per heavy atom. The van der Waals surface area contributed by atoms with Crippen molar-refractivity contribution >= 4 is 12.0 Å². The van der Waals surface area contributed by atoms with E-state index in [4.69, 9.17) is 4.74 Å². The summed E-state index contributed by atoms with van der Waals surface area (Å²) >= 11 is 0. The maximum absolute atomic E-state index is 12.4. The molecular formula is C19H36N2O3. The van der Waals surface area contributed by atoms with Crippen LogP contribution >= 0.6 is 0 Å². The van der Waals surface area contributed by atoms with Crippen molar-refractivity contribution in [3.63, 3.8) is 0 Å². The van der Waals surface area contributed by atoms with Crippen molar-refractivity contribution < 1.29 is 14.3 Å². The fourth-order valence-electron chi connectivity index (χ4n) is 2.92. The van der Waals surface area contributed by atoms with Gasteiger partial charge in [0, 0.05) is 25.0 Å². The van der Waals surface area contributed by atoms with E-state index >= 15 is 0 Å². The zero-order valence-electron chi connectivity index (χ0n) is 16.4. The van der Waals surface area contributed by atoms with Crippen LogP contribution in [-0.2, 0) is 9.53 Å². The van der Waals surface area contributed by atoms with Crippen LogP contribution in [0.15, 0.2) is 0 Å². The van der Waals surface area contributed by atoms with E-state index < -0.39 is 5.60 Å². The van der Waals surface area contributed by atoms with Gasteiger partial charge < -0.3 is 15.0 Å². The Kier molecular flexibility index (Phi) is 8.04. The molecule has 5 nitrogen and oxygen atoms in total. The largest absolute Gasteiger partial charge is 0.444 e. The number of piperidine rings is 1. The quantitative estimate of drug-likeness (QED) is 0.796. The standard InChI is InChI=1S/C19H36N2O3/c1-14(2)8-7-9-15(3)20-17(22)16-10-12-21(13-11-16)18(23)24-19(4,5)6/h14-16H,7-13H2,1-6H3,(H,20,22). The summed E-state index contributed by atoms with van der Waals surface area (Å²) < 4.78 is 5.39. The molecule has 24 heavy (non-hydrogen) atoms. The highest BCUT2D eigenvalue weighted by atomic mass is 16.6. The van der Waals surface area contributed by atoms with Crippen LogP contribution in [-0.4, -0.2) is 41.6 Å². The number of ether oxygens (including phenoxy) is 1. The molecule has 0 aliphatic carbocycles. The van der Waals surface area contributed by atoms with E-state index in [1.807, 2.05) is 20.8 Å². The van der Waals surface area contributed by atoms with Crippen LogP contribution in [0.2, 0.25) is 0 Å². The number of likely N-dealkylation sites (tertiary alicyclic amines) is 1. The lowest BCUT2D eigenvalue weighted by molar-refractivity contribution is -0.127. The summed E-state index contributed by atoms with van der Waals surface area (Å²) in [6.07, 6.45) is 4.53. The molecule has 1 fully saturated rings. The molecule has 1 aliphatic heterocycles. The normalized spacial score (nSPS) is 17.7. The summed E-state index contributed by atoms with van der Waals surface area (Å²) in [5.41, 5.74) is -0.475. The van der Waals surface area contributed by atoms with Crippen LogP contribution < -0.4 is 5.32 Å². The minimum Gasteiger partial charge on any atom is -0.444 e. The van der Waals surface area contributed by atoms with Crippen LogP contribution in [0.25, 0.3) is 0 Å². The minimum absolute atomic E-state index is 0.0104. The first-order chi connectivity index (χ1) is 11.1. The van der Waals surface area contributed by atoms with Crippen LogP contribution in [0.3, 0.4) is 0 Å². The van der Waals surface area contributed by atoms with Crippen molar-refractivity contribution in [2.75, 3.05) is 13.1 Å². The Labute approximate surface area is 147 Å². The van der Waals surface area contributed by atoms with Gasteiger partial charge in [0.1, 0.15) is 5.60 Å². The smallest absolute Gasteiger partial charge is 0.410 e. The Hall–Kier alpha value is -1.26. The van der Waals surface area contributed by atoms with Crippen molar-refractivity contribution in [3.05, 3.63) is 0 Å². The van der Waals surface area contributed by atoms with Crippen LogP contribution in [0.4, 0.5) is 4.79 Å². The second-order valence-corrected chi connectivity index (χ2v) is 8.48. The van der Waals surface area contributed by atoms with Gasteiger partial charge in [-0.05, 0) is 52.9 Å².